The minimum Gasteiger partial charge on any atom is -0.312 e. The first-order chi connectivity index (χ1) is 14.6. The number of rotatable bonds is 7. The van der Waals surface area contributed by atoms with Crippen molar-refractivity contribution in [1.29, 1.82) is 0 Å². The van der Waals surface area contributed by atoms with Gasteiger partial charge in [-0.1, -0.05) is 54.1 Å². The van der Waals surface area contributed by atoms with Crippen LogP contribution >= 0.6 is 11.6 Å². The van der Waals surface area contributed by atoms with E-state index >= 15 is 0 Å². The molecule has 0 radical (unpaired) electrons. The Balaban J connectivity index is 1.61. The van der Waals surface area contributed by atoms with Crippen molar-refractivity contribution in [3.63, 3.8) is 0 Å². The first kappa shape index (κ1) is 20.3. The summed E-state index contributed by atoms with van der Waals surface area (Å²) in [7, 11) is 0. The number of benzene rings is 2. The first-order valence-corrected chi connectivity index (χ1v) is 10.5. The van der Waals surface area contributed by atoms with Crippen molar-refractivity contribution in [2.24, 2.45) is 0 Å². The molecule has 152 valence electrons. The lowest BCUT2D eigenvalue weighted by Gasteiger charge is -2.16. The van der Waals surface area contributed by atoms with E-state index in [2.05, 4.69) is 28.5 Å². The van der Waals surface area contributed by atoms with Crippen LogP contribution in [0, 0.1) is 6.92 Å². The third kappa shape index (κ3) is 4.45. The minimum atomic E-state index is -0.000708. The Labute approximate surface area is 181 Å². The molecule has 0 saturated carbocycles. The fraction of sp³-hybridized carbons (Fsp3) is 0.200. The molecule has 0 aliphatic heterocycles. The molecule has 0 atom stereocenters. The topological polar surface area (TPSA) is 46.9 Å². The lowest BCUT2D eigenvalue weighted by molar-refractivity contribution is 0.684. The van der Waals surface area contributed by atoms with Gasteiger partial charge in [-0.25, -0.2) is 4.98 Å². The van der Waals surface area contributed by atoms with Crippen molar-refractivity contribution < 1.29 is 0 Å². The highest BCUT2D eigenvalue weighted by atomic mass is 35.5. The number of aromatic nitrogens is 2. The summed E-state index contributed by atoms with van der Waals surface area (Å²) in [6.07, 6.45) is 2.51. The molecule has 30 heavy (non-hydrogen) atoms. The standard InChI is InChI=1S/C25H24ClN3O/c1-18-22(12-14-27-16-19-7-3-2-4-8-19)23-11-6-13-28-24(23)29(25(18)30)17-20-9-5-10-21(26)15-20/h2-11,13,15,27H,12,14,16-17H2,1H3. The lowest BCUT2D eigenvalue weighted by atomic mass is 10.0. The second kappa shape index (κ2) is 9.24. The van der Waals surface area contributed by atoms with E-state index in [4.69, 9.17) is 11.6 Å². The quantitative estimate of drug-likeness (QED) is 0.442. The molecular weight excluding hydrogens is 394 g/mol. The monoisotopic (exact) mass is 417 g/mol. The van der Waals surface area contributed by atoms with Crippen LogP contribution in [0.3, 0.4) is 0 Å². The van der Waals surface area contributed by atoms with Gasteiger partial charge in [0.2, 0.25) is 0 Å². The second-order valence-corrected chi connectivity index (χ2v) is 7.85. The van der Waals surface area contributed by atoms with Gasteiger partial charge in [0, 0.05) is 28.7 Å². The molecule has 0 unspecified atom stereocenters. The molecule has 2 aromatic carbocycles. The summed E-state index contributed by atoms with van der Waals surface area (Å²) in [6.45, 7) is 3.95. The van der Waals surface area contributed by atoms with E-state index in [1.165, 1.54) is 5.56 Å². The highest BCUT2D eigenvalue weighted by molar-refractivity contribution is 6.30. The zero-order chi connectivity index (χ0) is 20.9. The average Bonchev–Trinajstić information content (AvgIpc) is 2.77. The number of fused-ring (bicyclic) bond motifs is 1. The molecule has 5 heteroatoms. The van der Waals surface area contributed by atoms with Crippen LogP contribution in [-0.2, 0) is 19.5 Å². The van der Waals surface area contributed by atoms with Gasteiger partial charge in [-0.3, -0.25) is 9.36 Å². The Kier molecular flexibility index (Phi) is 6.26. The van der Waals surface area contributed by atoms with Crippen LogP contribution in [-0.4, -0.2) is 16.1 Å². The Hall–Kier alpha value is -2.95. The second-order valence-electron chi connectivity index (χ2n) is 7.41. The summed E-state index contributed by atoms with van der Waals surface area (Å²) < 4.78 is 1.75. The molecule has 0 aliphatic rings. The summed E-state index contributed by atoms with van der Waals surface area (Å²) >= 11 is 6.13. The van der Waals surface area contributed by atoms with Crippen molar-refractivity contribution in [3.8, 4) is 0 Å². The summed E-state index contributed by atoms with van der Waals surface area (Å²) in [4.78, 5) is 17.8. The van der Waals surface area contributed by atoms with E-state index in [9.17, 15) is 4.79 Å². The molecule has 0 aliphatic carbocycles. The minimum absolute atomic E-state index is 0.000708. The maximum atomic E-state index is 13.2. The van der Waals surface area contributed by atoms with Gasteiger partial charge in [0.05, 0.1) is 6.54 Å². The number of hydrogen-bond donors (Lipinski definition) is 1. The fourth-order valence-corrected chi connectivity index (χ4v) is 4.02. The van der Waals surface area contributed by atoms with Gasteiger partial charge in [-0.15, -0.1) is 0 Å². The van der Waals surface area contributed by atoms with Crippen LogP contribution in [0.4, 0.5) is 0 Å². The Bertz CT molecular complexity index is 1220. The SMILES string of the molecule is Cc1c(CCNCc2ccccc2)c2cccnc2n(Cc2cccc(Cl)c2)c1=O. The highest BCUT2D eigenvalue weighted by Crippen LogP contribution is 2.20. The molecule has 1 N–H and O–H groups in total. The number of nitrogens with zero attached hydrogens (tertiary/aromatic N) is 2. The number of nitrogens with one attached hydrogen (secondary N) is 1. The molecule has 0 spiro atoms. The fourth-order valence-electron chi connectivity index (χ4n) is 3.81. The zero-order valence-corrected chi connectivity index (χ0v) is 17.7. The number of pyridine rings is 2. The third-order valence-electron chi connectivity index (χ3n) is 5.34. The summed E-state index contributed by atoms with van der Waals surface area (Å²) in [5, 5.41) is 5.17. The van der Waals surface area contributed by atoms with Crippen LogP contribution in [0.1, 0.15) is 22.3 Å². The third-order valence-corrected chi connectivity index (χ3v) is 5.57. The highest BCUT2D eigenvalue weighted by Gasteiger charge is 2.15. The van der Waals surface area contributed by atoms with E-state index < -0.39 is 0 Å². The van der Waals surface area contributed by atoms with Gasteiger partial charge in [0.15, 0.2) is 0 Å². The molecule has 0 bridgehead atoms. The molecule has 4 aromatic rings. The van der Waals surface area contributed by atoms with Crippen molar-refractivity contribution in [3.05, 3.63) is 111 Å². The predicted molar refractivity (Wildman–Crippen MR) is 123 cm³/mol. The van der Waals surface area contributed by atoms with Gasteiger partial charge in [-0.2, -0.15) is 0 Å². The maximum absolute atomic E-state index is 13.2. The van der Waals surface area contributed by atoms with Gasteiger partial charge in [0.25, 0.3) is 5.56 Å². The molecule has 0 amide bonds. The predicted octanol–water partition coefficient (Wildman–Crippen LogP) is 4.74. The first-order valence-electron chi connectivity index (χ1n) is 10.1. The normalized spacial score (nSPS) is 11.1. The number of hydrogen-bond acceptors (Lipinski definition) is 3. The van der Waals surface area contributed by atoms with Gasteiger partial charge in [0.1, 0.15) is 5.65 Å². The lowest BCUT2D eigenvalue weighted by Crippen LogP contribution is -2.27. The van der Waals surface area contributed by atoms with E-state index in [1.807, 2.05) is 55.5 Å². The van der Waals surface area contributed by atoms with Gasteiger partial charge < -0.3 is 5.32 Å². The van der Waals surface area contributed by atoms with Crippen molar-refractivity contribution >= 4 is 22.6 Å². The van der Waals surface area contributed by atoms with Crippen LogP contribution in [0.25, 0.3) is 11.0 Å². The van der Waals surface area contributed by atoms with Crippen LogP contribution in [0.15, 0.2) is 77.7 Å². The Morgan fingerprint density at radius 1 is 1.00 bits per heavy atom. The largest absolute Gasteiger partial charge is 0.312 e. The molecule has 2 heterocycles. The van der Waals surface area contributed by atoms with Gasteiger partial charge >= 0.3 is 0 Å². The summed E-state index contributed by atoms with van der Waals surface area (Å²) in [5.41, 5.74) is 4.78. The number of halogens is 1. The van der Waals surface area contributed by atoms with Gasteiger partial charge in [-0.05, 0) is 60.8 Å². The molecule has 0 fully saturated rings. The van der Waals surface area contributed by atoms with E-state index in [1.54, 1.807) is 10.8 Å². The molecule has 4 nitrogen and oxygen atoms in total. The smallest absolute Gasteiger partial charge is 0.255 e. The van der Waals surface area contributed by atoms with Crippen molar-refractivity contribution in [1.82, 2.24) is 14.9 Å². The molecule has 0 saturated heterocycles. The van der Waals surface area contributed by atoms with Crippen molar-refractivity contribution in [2.45, 2.75) is 26.4 Å². The maximum Gasteiger partial charge on any atom is 0.255 e. The van der Waals surface area contributed by atoms with Crippen LogP contribution in [0.5, 0.6) is 0 Å². The van der Waals surface area contributed by atoms with E-state index in [0.717, 1.165) is 41.6 Å². The Morgan fingerprint density at radius 3 is 2.60 bits per heavy atom. The van der Waals surface area contributed by atoms with E-state index in [0.29, 0.717) is 17.2 Å². The van der Waals surface area contributed by atoms with Crippen LogP contribution in [0.2, 0.25) is 5.02 Å². The summed E-state index contributed by atoms with van der Waals surface area (Å²) in [5.74, 6) is 0. The van der Waals surface area contributed by atoms with E-state index in [-0.39, 0.29) is 5.56 Å². The average molecular weight is 418 g/mol. The van der Waals surface area contributed by atoms with Crippen LogP contribution < -0.4 is 10.9 Å². The molecular formula is C25H24ClN3O. The summed E-state index contributed by atoms with van der Waals surface area (Å²) in [6, 6.07) is 21.9. The van der Waals surface area contributed by atoms with Crippen molar-refractivity contribution in [2.75, 3.05) is 6.54 Å². The zero-order valence-electron chi connectivity index (χ0n) is 16.9. The molecule has 2 aromatic heterocycles. The Morgan fingerprint density at radius 2 is 1.80 bits per heavy atom. The molecule has 4 rings (SSSR count).